The van der Waals surface area contributed by atoms with Gasteiger partial charge < -0.3 is 19.7 Å². The maximum Gasteiger partial charge on any atom is 0.321 e. The number of nitrogens with one attached hydrogen (secondary N) is 1. The van der Waals surface area contributed by atoms with Gasteiger partial charge in [0.1, 0.15) is 5.75 Å². The van der Waals surface area contributed by atoms with Crippen LogP contribution >= 0.6 is 0 Å². The van der Waals surface area contributed by atoms with Gasteiger partial charge in [-0.05, 0) is 55.2 Å². The Morgan fingerprint density at radius 3 is 2.32 bits per heavy atom. The predicted molar refractivity (Wildman–Crippen MR) is 109 cm³/mol. The number of carbonyl (C=O) groups excluding carboxylic acids is 1. The summed E-state index contributed by atoms with van der Waals surface area (Å²) in [6.07, 6.45) is 2.74. The molecule has 148 valence electrons. The first kappa shape index (κ1) is 18.6. The van der Waals surface area contributed by atoms with Gasteiger partial charge >= 0.3 is 6.03 Å². The van der Waals surface area contributed by atoms with Crippen molar-refractivity contribution in [3.63, 3.8) is 0 Å². The monoisotopic (exact) mass is 381 g/mol. The van der Waals surface area contributed by atoms with Crippen LogP contribution in [0.1, 0.15) is 12.8 Å². The average Bonchev–Trinajstić information content (AvgIpc) is 3.54. The quantitative estimate of drug-likeness (QED) is 0.820. The smallest absolute Gasteiger partial charge is 0.321 e. The molecule has 1 N–H and O–H groups in total. The molecule has 6 heteroatoms. The molecule has 1 aliphatic heterocycles. The van der Waals surface area contributed by atoms with Crippen LogP contribution in [0.25, 0.3) is 0 Å². The number of carbonyl (C=O) groups is 1. The second-order valence-electron chi connectivity index (χ2n) is 7.44. The minimum Gasteiger partial charge on any atom is -0.493 e. The number of rotatable bonds is 6. The topological polar surface area (TPSA) is 54.0 Å². The fraction of sp³-hybridized carbons (Fsp3) is 0.409. The molecule has 6 nitrogen and oxygen atoms in total. The van der Waals surface area contributed by atoms with E-state index in [0.717, 1.165) is 37.8 Å². The van der Waals surface area contributed by atoms with Gasteiger partial charge in [-0.25, -0.2) is 4.79 Å². The number of hydrogen-bond acceptors (Lipinski definition) is 4. The molecular formula is C22H27N3O3. The summed E-state index contributed by atoms with van der Waals surface area (Å²) in [6.45, 7) is 4.70. The van der Waals surface area contributed by atoms with Crippen molar-refractivity contribution in [1.29, 1.82) is 0 Å². The van der Waals surface area contributed by atoms with Crippen molar-refractivity contribution >= 4 is 11.7 Å². The van der Waals surface area contributed by atoms with Crippen LogP contribution in [0.15, 0.2) is 48.5 Å². The summed E-state index contributed by atoms with van der Waals surface area (Å²) in [7, 11) is 1.62. The highest BCUT2D eigenvalue weighted by Gasteiger charge is 2.27. The van der Waals surface area contributed by atoms with Crippen LogP contribution in [0.5, 0.6) is 17.2 Å². The Kier molecular flexibility index (Phi) is 5.67. The summed E-state index contributed by atoms with van der Waals surface area (Å²) in [5.74, 6) is 2.93. The molecule has 28 heavy (non-hydrogen) atoms. The molecule has 0 atom stereocenters. The van der Waals surface area contributed by atoms with Gasteiger partial charge in [0, 0.05) is 38.4 Å². The first-order valence-corrected chi connectivity index (χ1v) is 9.90. The van der Waals surface area contributed by atoms with Crippen molar-refractivity contribution in [3.05, 3.63) is 48.5 Å². The molecular weight excluding hydrogens is 354 g/mol. The molecule has 1 heterocycles. The van der Waals surface area contributed by atoms with E-state index in [2.05, 4.69) is 10.2 Å². The number of nitrogens with zero attached hydrogens (tertiary/aromatic N) is 2. The summed E-state index contributed by atoms with van der Waals surface area (Å²) in [4.78, 5) is 16.9. The zero-order valence-corrected chi connectivity index (χ0v) is 16.3. The summed E-state index contributed by atoms with van der Waals surface area (Å²) in [5.41, 5.74) is 0.762. The van der Waals surface area contributed by atoms with Crippen molar-refractivity contribution in [2.45, 2.75) is 12.8 Å². The average molecular weight is 381 g/mol. The van der Waals surface area contributed by atoms with E-state index < -0.39 is 0 Å². The first-order valence-electron chi connectivity index (χ1n) is 9.90. The molecule has 2 amide bonds. The molecule has 1 saturated heterocycles. The first-order chi connectivity index (χ1) is 13.7. The Bertz CT molecular complexity index is 797. The van der Waals surface area contributed by atoms with Crippen molar-refractivity contribution in [3.8, 4) is 17.2 Å². The number of methoxy groups -OCH3 is 1. The molecule has 2 aliphatic rings. The molecule has 0 bridgehead atoms. The van der Waals surface area contributed by atoms with E-state index in [1.807, 2.05) is 53.4 Å². The van der Waals surface area contributed by atoms with Crippen molar-refractivity contribution < 1.29 is 14.3 Å². The third kappa shape index (κ3) is 4.75. The molecule has 1 saturated carbocycles. The van der Waals surface area contributed by atoms with E-state index in [0.29, 0.717) is 17.2 Å². The number of piperazine rings is 1. The van der Waals surface area contributed by atoms with Crippen molar-refractivity contribution in [2.75, 3.05) is 45.2 Å². The predicted octanol–water partition coefficient (Wildman–Crippen LogP) is 4.05. The third-order valence-corrected chi connectivity index (χ3v) is 5.28. The van der Waals surface area contributed by atoms with Gasteiger partial charge in [-0.15, -0.1) is 0 Å². The van der Waals surface area contributed by atoms with Crippen LogP contribution in [0.2, 0.25) is 0 Å². The highest BCUT2D eigenvalue weighted by molar-refractivity contribution is 5.89. The fourth-order valence-corrected chi connectivity index (χ4v) is 3.44. The van der Waals surface area contributed by atoms with Crippen LogP contribution < -0.4 is 14.8 Å². The van der Waals surface area contributed by atoms with Gasteiger partial charge in [0.15, 0.2) is 11.5 Å². The summed E-state index contributed by atoms with van der Waals surface area (Å²) < 4.78 is 11.2. The van der Waals surface area contributed by atoms with Crippen LogP contribution in [-0.2, 0) is 0 Å². The molecule has 2 aromatic rings. The molecule has 2 aromatic carbocycles. The SMILES string of the molecule is COc1ccccc1Oc1ccc(NC(=O)N2CCN(CC3CC3)CC2)cc1. The van der Waals surface area contributed by atoms with E-state index in [9.17, 15) is 4.79 Å². The fourth-order valence-electron chi connectivity index (χ4n) is 3.44. The Hall–Kier alpha value is -2.73. The lowest BCUT2D eigenvalue weighted by Crippen LogP contribution is -2.50. The lowest BCUT2D eigenvalue weighted by Gasteiger charge is -2.34. The lowest BCUT2D eigenvalue weighted by molar-refractivity contribution is 0.144. The van der Waals surface area contributed by atoms with Gasteiger partial charge in [-0.1, -0.05) is 12.1 Å². The number of para-hydroxylation sites is 2. The molecule has 4 rings (SSSR count). The standard InChI is InChI=1S/C22H27N3O3/c1-27-20-4-2-3-5-21(20)28-19-10-8-18(9-11-19)23-22(26)25-14-12-24(13-15-25)16-17-6-7-17/h2-5,8-11,17H,6-7,12-16H2,1H3,(H,23,26). The summed E-state index contributed by atoms with van der Waals surface area (Å²) in [6, 6.07) is 14.9. The second-order valence-corrected chi connectivity index (χ2v) is 7.44. The van der Waals surface area contributed by atoms with Crippen LogP contribution in [0.3, 0.4) is 0 Å². The van der Waals surface area contributed by atoms with Gasteiger partial charge in [0.05, 0.1) is 7.11 Å². The summed E-state index contributed by atoms with van der Waals surface area (Å²) in [5, 5.41) is 2.98. The van der Waals surface area contributed by atoms with E-state index in [1.54, 1.807) is 7.11 Å². The number of anilines is 1. The lowest BCUT2D eigenvalue weighted by atomic mass is 10.2. The zero-order valence-electron chi connectivity index (χ0n) is 16.3. The Morgan fingerprint density at radius 2 is 1.68 bits per heavy atom. The number of benzene rings is 2. The van der Waals surface area contributed by atoms with Crippen molar-refractivity contribution in [2.24, 2.45) is 5.92 Å². The summed E-state index contributed by atoms with van der Waals surface area (Å²) >= 11 is 0. The Balaban J connectivity index is 1.28. The third-order valence-electron chi connectivity index (χ3n) is 5.28. The van der Waals surface area contributed by atoms with Crippen molar-refractivity contribution in [1.82, 2.24) is 9.80 Å². The minimum absolute atomic E-state index is 0.0375. The molecule has 0 aromatic heterocycles. The maximum atomic E-state index is 12.5. The second kappa shape index (κ2) is 8.52. The van der Waals surface area contributed by atoms with Gasteiger partial charge in [0.2, 0.25) is 0 Å². The van der Waals surface area contributed by atoms with Crippen LogP contribution in [0.4, 0.5) is 10.5 Å². The van der Waals surface area contributed by atoms with E-state index >= 15 is 0 Å². The Morgan fingerprint density at radius 1 is 1.00 bits per heavy atom. The van der Waals surface area contributed by atoms with E-state index in [-0.39, 0.29) is 6.03 Å². The molecule has 0 spiro atoms. The van der Waals surface area contributed by atoms with E-state index in [1.165, 1.54) is 19.4 Å². The molecule has 2 fully saturated rings. The van der Waals surface area contributed by atoms with Gasteiger partial charge in [-0.3, -0.25) is 4.90 Å². The van der Waals surface area contributed by atoms with Gasteiger partial charge in [0.25, 0.3) is 0 Å². The number of amides is 2. The zero-order chi connectivity index (χ0) is 19.3. The van der Waals surface area contributed by atoms with Crippen LogP contribution in [0, 0.1) is 5.92 Å². The maximum absolute atomic E-state index is 12.5. The largest absolute Gasteiger partial charge is 0.493 e. The number of urea groups is 1. The normalized spacial score (nSPS) is 17.2. The number of hydrogen-bond donors (Lipinski definition) is 1. The molecule has 0 unspecified atom stereocenters. The minimum atomic E-state index is -0.0375. The highest BCUT2D eigenvalue weighted by atomic mass is 16.5. The van der Waals surface area contributed by atoms with E-state index in [4.69, 9.17) is 9.47 Å². The molecule has 0 radical (unpaired) electrons. The molecule has 1 aliphatic carbocycles. The highest BCUT2D eigenvalue weighted by Crippen LogP contribution is 2.31. The Labute approximate surface area is 166 Å². The number of ether oxygens (including phenoxy) is 2. The van der Waals surface area contributed by atoms with Gasteiger partial charge in [-0.2, -0.15) is 0 Å². The van der Waals surface area contributed by atoms with Crippen LogP contribution in [-0.4, -0.2) is 55.7 Å².